The van der Waals surface area contributed by atoms with Crippen molar-refractivity contribution in [2.45, 2.75) is 79.4 Å². The van der Waals surface area contributed by atoms with Crippen molar-refractivity contribution in [1.82, 2.24) is 0 Å². The highest BCUT2D eigenvalue weighted by molar-refractivity contribution is 7.47. The SMILES string of the molecule is O=C[C@H](OP(=O)(O)OC[C@@H](O)[C@@H](O)[C@H](O)[C@@H](O)C(=O)C(O)[C@@H](O)[C@@H](O)[C@H](O)[C@@H](O)C=O)[C@@H](O)[C@H](O)[C@H](O)CO. The lowest BCUT2D eigenvalue weighted by Gasteiger charge is -2.30. The van der Waals surface area contributed by atoms with E-state index in [-0.39, 0.29) is 12.6 Å². The molecule has 14 N–H and O–H groups in total. The summed E-state index contributed by atoms with van der Waals surface area (Å²) in [7, 11) is -5.42. The quantitative estimate of drug-likeness (QED) is 0.0455. The lowest BCUT2D eigenvalue weighted by Crippen LogP contribution is -2.56. The maximum Gasteiger partial charge on any atom is 0.473 e. The fourth-order valence-electron chi connectivity index (χ4n) is 2.75. The highest BCUT2D eigenvalue weighted by Crippen LogP contribution is 2.45. The second-order valence-corrected chi connectivity index (χ2v) is 9.55. The first-order valence-corrected chi connectivity index (χ1v) is 12.3. The summed E-state index contributed by atoms with van der Waals surface area (Å²) in [5.41, 5.74) is 0. The lowest BCUT2D eigenvalue weighted by molar-refractivity contribution is -0.170. The number of aliphatic hydroxyl groups is 13. The molecular formula is C18H33O20P. The van der Waals surface area contributed by atoms with Gasteiger partial charge in [0.1, 0.15) is 73.2 Å². The van der Waals surface area contributed by atoms with Gasteiger partial charge in [-0.3, -0.25) is 13.8 Å². The van der Waals surface area contributed by atoms with E-state index in [9.17, 15) is 80.0 Å². The predicted molar refractivity (Wildman–Crippen MR) is 117 cm³/mol. The van der Waals surface area contributed by atoms with Crippen LogP contribution in [0.4, 0.5) is 0 Å². The first-order chi connectivity index (χ1) is 17.9. The number of carbonyl (C=O) groups excluding carboxylic acids is 3. The third-order valence-corrected chi connectivity index (χ3v) is 6.21. The van der Waals surface area contributed by atoms with Gasteiger partial charge in [-0.25, -0.2) is 4.57 Å². The van der Waals surface area contributed by atoms with Gasteiger partial charge in [0.25, 0.3) is 0 Å². The van der Waals surface area contributed by atoms with Crippen molar-refractivity contribution < 1.29 is 99.3 Å². The van der Waals surface area contributed by atoms with Gasteiger partial charge in [0.2, 0.25) is 0 Å². The number of Topliss-reactive ketones (excluding diaryl/α,β-unsaturated/α-hetero) is 1. The number of aldehydes is 2. The van der Waals surface area contributed by atoms with Crippen LogP contribution in [0.15, 0.2) is 0 Å². The molecule has 0 bridgehead atoms. The average molecular weight is 600 g/mol. The zero-order valence-electron chi connectivity index (χ0n) is 19.7. The number of hydrogen-bond acceptors (Lipinski definition) is 19. The molecule has 21 heteroatoms. The van der Waals surface area contributed by atoms with Gasteiger partial charge in [-0.05, 0) is 0 Å². The number of rotatable bonds is 20. The molecule has 39 heavy (non-hydrogen) atoms. The minimum Gasteiger partial charge on any atom is -0.394 e. The van der Waals surface area contributed by atoms with E-state index in [1.807, 2.05) is 0 Å². The van der Waals surface area contributed by atoms with Crippen LogP contribution < -0.4 is 0 Å². The maximum absolute atomic E-state index is 12.1. The van der Waals surface area contributed by atoms with Crippen LogP contribution in [0.25, 0.3) is 0 Å². The fourth-order valence-corrected chi connectivity index (χ4v) is 3.63. The molecule has 0 aliphatic rings. The summed E-state index contributed by atoms with van der Waals surface area (Å²) in [5.74, 6) is -1.91. The molecule has 0 radical (unpaired) electrons. The highest BCUT2D eigenvalue weighted by atomic mass is 31.2. The van der Waals surface area contributed by atoms with Crippen LogP contribution in [0, 0.1) is 0 Å². The number of carbonyl (C=O) groups is 3. The van der Waals surface area contributed by atoms with Gasteiger partial charge in [0.15, 0.2) is 24.5 Å². The van der Waals surface area contributed by atoms with Crippen molar-refractivity contribution >= 4 is 26.2 Å². The molecule has 0 amide bonds. The fraction of sp³-hybridized carbons (Fsp3) is 0.833. The van der Waals surface area contributed by atoms with Crippen molar-refractivity contribution in [2.75, 3.05) is 13.2 Å². The van der Waals surface area contributed by atoms with Gasteiger partial charge in [-0.1, -0.05) is 0 Å². The molecule has 14 atom stereocenters. The van der Waals surface area contributed by atoms with Crippen LogP contribution in [-0.2, 0) is 28.0 Å². The average Bonchev–Trinajstić information content (AvgIpc) is 2.93. The Balaban J connectivity index is 5.19. The lowest BCUT2D eigenvalue weighted by atomic mass is 9.92. The summed E-state index contributed by atoms with van der Waals surface area (Å²) in [6.45, 7) is -2.52. The molecule has 0 spiro atoms. The van der Waals surface area contributed by atoms with E-state index in [0.717, 1.165) is 0 Å². The Morgan fingerprint density at radius 2 is 1.13 bits per heavy atom. The van der Waals surface area contributed by atoms with Gasteiger partial charge in [0, 0.05) is 0 Å². The Labute approximate surface area is 218 Å². The zero-order chi connectivity index (χ0) is 30.8. The Morgan fingerprint density at radius 1 is 0.667 bits per heavy atom. The van der Waals surface area contributed by atoms with Crippen LogP contribution in [0.5, 0.6) is 0 Å². The smallest absolute Gasteiger partial charge is 0.394 e. The molecule has 2 unspecified atom stereocenters. The first-order valence-electron chi connectivity index (χ1n) is 10.8. The standard InChI is InChI=1S/C18H33O20P/c19-1-5(22)9(25)12(28)8(3-21)38-39(35,36)37-4-7(24)11(27)14(30)16(32)18(34)17(33)15(31)13(29)10(26)6(23)2-20/h2-3,5-17,19,22-33H,1,4H2,(H,35,36)/t5-,6+,7-,8+,9-,10-,11-,12-,13+,14+,15+,16-,17?/m1/s1. The van der Waals surface area contributed by atoms with E-state index in [4.69, 9.17) is 10.2 Å². The molecule has 0 aromatic rings. The summed E-state index contributed by atoms with van der Waals surface area (Å²) in [6, 6.07) is 0. The molecule has 0 rings (SSSR count). The molecule has 0 aliphatic heterocycles. The van der Waals surface area contributed by atoms with Gasteiger partial charge in [-0.15, -0.1) is 0 Å². The Kier molecular flexibility index (Phi) is 16.2. The van der Waals surface area contributed by atoms with Crippen LogP contribution in [0.3, 0.4) is 0 Å². The Bertz CT molecular complexity index is 814. The van der Waals surface area contributed by atoms with Crippen molar-refractivity contribution in [1.29, 1.82) is 0 Å². The topological polar surface area (TPSA) is 370 Å². The molecular weight excluding hydrogens is 567 g/mol. The molecule has 20 nitrogen and oxygen atoms in total. The molecule has 0 aromatic carbocycles. The second kappa shape index (κ2) is 16.8. The molecule has 230 valence electrons. The van der Waals surface area contributed by atoms with Gasteiger partial charge in [-0.2, -0.15) is 0 Å². The van der Waals surface area contributed by atoms with E-state index in [0.29, 0.717) is 0 Å². The minimum absolute atomic E-state index is 0.254. The third kappa shape index (κ3) is 10.8. The van der Waals surface area contributed by atoms with Crippen LogP contribution in [-0.4, -0.2) is 182 Å². The van der Waals surface area contributed by atoms with Crippen LogP contribution in [0.2, 0.25) is 0 Å². The number of hydrogen-bond donors (Lipinski definition) is 14. The van der Waals surface area contributed by atoms with Crippen molar-refractivity contribution in [3.05, 3.63) is 0 Å². The van der Waals surface area contributed by atoms with Gasteiger partial charge in [0.05, 0.1) is 13.2 Å². The van der Waals surface area contributed by atoms with E-state index in [2.05, 4.69) is 9.05 Å². The van der Waals surface area contributed by atoms with E-state index in [1.54, 1.807) is 0 Å². The van der Waals surface area contributed by atoms with Gasteiger partial charge < -0.3 is 80.9 Å². The molecule has 0 aromatic heterocycles. The number of aliphatic hydroxyl groups excluding tert-OH is 13. The van der Waals surface area contributed by atoms with E-state index in [1.165, 1.54) is 0 Å². The summed E-state index contributed by atoms with van der Waals surface area (Å²) in [4.78, 5) is 43.2. The molecule has 0 heterocycles. The molecule has 0 aliphatic carbocycles. The highest BCUT2D eigenvalue weighted by Gasteiger charge is 2.43. The Morgan fingerprint density at radius 3 is 1.56 bits per heavy atom. The summed E-state index contributed by atoms with van der Waals surface area (Å²) in [5, 5.41) is 125. The normalized spacial score (nSPS) is 23.8. The largest absolute Gasteiger partial charge is 0.473 e. The van der Waals surface area contributed by atoms with Crippen molar-refractivity contribution in [3.63, 3.8) is 0 Å². The summed E-state index contributed by atoms with van der Waals surface area (Å²) in [6.07, 6.45) is -32.7. The molecule has 0 saturated carbocycles. The summed E-state index contributed by atoms with van der Waals surface area (Å²) >= 11 is 0. The van der Waals surface area contributed by atoms with E-state index >= 15 is 0 Å². The minimum atomic E-state index is -5.42. The van der Waals surface area contributed by atoms with Gasteiger partial charge >= 0.3 is 7.82 Å². The Hall–Kier alpha value is -1.40. The summed E-state index contributed by atoms with van der Waals surface area (Å²) < 4.78 is 20.5. The monoisotopic (exact) mass is 600 g/mol. The third-order valence-electron chi connectivity index (χ3n) is 5.23. The van der Waals surface area contributed by atoms with Crippen molar-refractivity contribution in [2.24, 2.45) is 0 Å². The predicted octanol–water partition coefficient (Wildman–Crippen LogP) is -9.22. The number of phosphoric acid groups is 1. The van der Waals surface area contributed by atoms with E-state index < -0.39 is 106 Å². The second-order valence-electron chi connectivity index (χ2n) is 8.14. The van der Waals surface area contributed by atoms with Crippen molar-refractivity contribution in [3.8, 4) is 0 Å². The van der Waals surface area contributed by atoms with Crippen LogP contribution >= 0.6 is 7.82 Å². The van der Waals surface area contributed by atoms with Crippen LogP contribution in [0.1, 0.15) is 0 Å². The maximum atomic E-state index is 12.1. The number of ketones is 1. The zero-order valence-corrected chi connectivity index (χ0v) is 20.6. The first kappa shape index (κ1) is 37.6. The molecule has 0 saturated heterocycles. The molecule has 0 fully saturated rings. The number of phosphoric ester groups is 1.